The lowest BCUT2D eigenvalue weighted by Gasteiger charge is -2.43. The molecule has 0 saturated carbocycles. The highest BCUT2D eigenvalue weighted by molar-refractivity contribution is 6.01. The topological polar surface area (TPSA) is 93.5 Å². The fourth-order valence-corrected chi connectivity index (χ4v) is 3.94. The number of fused-ring (bicyclic) bond motifs is 1. The van der Waals surface area contributed by atoms with Crippen molar-refractivity contribution in [1.29, 1.82) is 0 Å². The molecule has 2 heterocycles. The van der Waals surface area contributed by atoms with E-state index in [1.54, 1.807) is 26.0 Å². The highest BCUT2D eigenvalue weighted by Gasteiger charge is 2.48. The van der Waals surface area contributed by atoms with Crippen molar-refractivity contribution in [2.45, 2.75) is 39.0 Å². The van der Waals surface area contributed by atoms with Crippen LogP contribution in [-0.2, 0) is 29.2 Å². The van der Waals surface area contributed by atoms with Gasteiger partial charge in [0.25, 0.3) is 5.91 Å². The van der Waals surface area contributed by atoms with Crippen molar-refractivity contribution in [1.82, 2.24) is 20.0 Å². The minimum atomic E-state index is -1.39. The van der Waals surface area contributed by atoms with Crippen LogP contribution >= 0.6 is 0 Å². The average molecular weight is 482 g/mol. The van der Waals surface area contributed by atoms with E-state index < -0.39 is 29.1 Å². The van der Waals surface area contributed by atoms with Crippen molar-refractivity contribution in [2.75, 3.05) is 6.61 Å². The third-order valence-electron chi connectivity index (χ3n) is 5.89. The maximum atomic E-state index is 13.5. The zero-order valence-electron chi connectivity index (χ0n) is 19.3. The molecule has 1 aliphatic heterocycles. The molecule has 0 bridgehead atoms. The first-order valence-corrected chi connectivity index (χ1v) is 11.1. The normalized spacial score (nSPS) is 17.1. The first-order chi connectivity index (χ1) is 16.7. The van der Waals surface area contributed by atoms with Crippen LogP contribution in [-0.4, -0.2) is 44.6 Å². The molecule has 0 aliphatic carbocycles. The standard InChI is InChI=1S/C25H24F2N4O4/c1-3-35-23(33)20-12-21-22(32)30(14-17-6-10-19(27)11-7-17)25(2,15-31(21)29-20)24(34)28-13-16-4-8-18(26)9-5-16/h4-12H,3,13-15H2,1-2H3,(H,28,34). The largest absolute Gasteiger partial charge is 0.461 e. The molecule has 1 aromatic heterocycles. The summed E-state index contributed by atoms with van der Waals surface area (Å²) < 4.78 is 33.0. The van der Waals surface area contributed by atoms with Crippen LogP contribution in [0.25, 0.3) is 0 Å². The van der Waals surface area contributed by atoms with Crippen LogP contribution in [0.5, 0.6) is 0 Å². The zero-order chi connectivity index (χ0) is 25.2. The number of hydrogen-bond acceptors (Lipinski definition) is 5. The minimum Gasteiger partial charge on any atom is -0.461 e. The fourth-order valence-electron chi connectivity index (χ4n) is 3.94. The number of benzene rings is 2. The van der Waals surface area contributed by atoms with Gasteiger partial charge in [-0.15, -0.1) is 0 Å². The van der Waals surface area contributed by atoms with Crippen LogP contribution < -0.4 is 5.32 Å². The highest BCUT2D eigenvalue weighted by Crippen LogP contribution is 2.30. The molecule has 3 aromatic rings. The van der Waals surface area contributed by atoms with E-state index in [9.17, 15) is 23.2 Å². The third-order valence-corrected chi connectivity index (χ3v) is 5.89. The summed E-state index contributed by atoms with van der Waals surface area (Å²) in [7, 11) is 0. The van der Waals surface area contributed by atoms with E-state index in [1.165, 1.54) is 52.0 Å². The first kappa shape index (κ1) is 24.1. The Balaban J connectivity index is 1.66. The highest BCUT2D eigenvalue weighted by atomic mass is 19.1. The summed E-state index contributed by atoms with van der Waals surface area (Å²) in [6.07, 6.45) is 0. The number of halogens is 2. The molecule has 10 heteroatoms. The zero-order valence-corrected chi connectivity index (χ0v) is 19.3. The Labute approximate surface area is 200 Å². The van der Waals surface area contributed by atoms with Gasteiger partial charge in [-0.25, -0.2) is 13.6 Å². The van der Waals surface area contributed by atoms with E-state index in [0.717, 1.165) is 0 Å². The van der Waals surface area contributed by atoms with Crippen molar-refractivity contribution in [3.63, 3.8) is 0 Å². The van der Waals surface area contributed by atoms with Crippen molar-refractivity contribution in [3.05, 3.63) is 88.7 Å². The monoisotopic (exact) mass is 482 g/mol. The van der Waals surface area contributed by atoms with Crippen molar-refractivity contribution in [2.24, 2.45) is 0 Å². The lowest BCUT2D eigenvalue weighted by molar-refractivity contribution is -0.133. The molecule has 0 radical (unpaired) electrons. The maximum absolute atomic E-state index is 13.5. The number of carbonyl (C=O) groups is 3. The van der Waals surface area contributed by atoms with Gasteiger partial charge in [0.15, 0.2) is 5.69 Å². The number of ether oxygens (including phenoxy) is 1. The molecule has 4 rings (SSSR count). The Morgan fingerprint density at radius 1 is 1.06 bits per heavy atom. The van der Waals surface area contributed by atoms with Gasteiger partial charge < -0.3 is 15.0 Å². The number of aromatic nitrogens is 2. The molecule has 0 spiro atoms. The summed E-state index contributed by atoms with van der Waals surface area (Å²) in [4.78, 5) is 40.5. The number of nitrogens with one attached hydrogen (secondary N) is 1. The summed E-state index contributed by atoms with van der Waals surface area (Å²) in [5.74, 6) is -2.45. The molecule has 1 N–H and O–H groups in total. The molecule has 0 fully saturated rings. The minimum absolute atomic E-state index is 0.0239. The Morgan fingerprint density at radius 3 is 2.26 bits per heavy atom. The molecule has 8 nitrogen and oxygen atoms in total. The quantitative estimate of drug-likeness (QED) is 0.523. The molecule has 0 saturated heterocycles. The maximum Gasteiger partial charge on any atom is 0.358 e. The Kier molecular flexibility index (Phi) is 6.63. The van der Waals surface area contributed by atoms with E-state index in [-0.39, 0.29) is 43.4 Å². The smallest absolute Gasteiger partial charge is 0.358 e. The molecular formula is C25H24F2N4O4. The van der Waals surface area contributed by atoms with Crippen LogP contribution in [0.2, 0.25) is 0 Å². The molecular weight excluding hydrogens is 458 g/mol. The van der Waals surface area contributed by atoms with Crippen molar-refractivity contribution >= 4 is 17.8 Å². The van der Waals surface area contributed by atoms with Gasteiger partial charge in [0.05, 0.1) is 13.2 Å². The lowest BCUT2D eigenvalue weighted by Crippen LogP contribution is -2.63. The number of esters is 1. The van der Waals surface area contributed by atoms with E-state index in [4.69, 9.17) is 4.74 Å². The van der Waals surface area contributed by atoms with Gasteiger partial charge in [0, 0.05) is 19.2 Å². The van der Waals surface area contributed by atoms with E-state index >= 15 is 0 Å². The summed E-state index contributed by atoms with van der Waals surface area (Å²) in [5, 5.41) is 7.01. The van der Waals surface area contributed by atoms with Gasteiger partial charge in [-0.2, -0.15) is 5.10 Å². The fraction of sp³-hybridized carbons (Fsp3) is 0.280. The second kappa shape index (κ2) is 9.65. The predicted octanol–water partition coefficient (Wildman–Crippen LogP) is 3.07. The number of nitrogens with zero attached hydrogens (tertiary/aromatic N) is 3. The van der Waals surface area contributed by atoms with Crippen molar-refractivity contribution < 1.29 is 27.9 Å². The van der Waals surface area contributed by atoms with Gasteiger partial charge in [-0.05, 0) is 49.2 Å². The van der Waals surface area contributed by atoms with Crippen LogP contribution in [0.3, 0.4) is 0 Å². The van der Waals surface area contributed by atoms with Crippen LogP contribution in [0.1, 0.15) is 46.0 Å². The molecule has 35 heavy (non-hydrogen) atoms. The van der Waals surface area contributed by atoms with Gasteiger partial charge in [0.1, 0.15) is 22.9 Å². The second-order valence-corrected chi connectivity index (χ2v) is 8.39. The first-order valence-electron chi connectivity index (χ1n) is 11.1. The number of amides is 2. The van der Waals surface area contributed by atoms with E-state index in [2.05, 4.69) is 10.4 Å². The Morgan fingerprint density at radius 2 is 1.66 bits per heavy atom. The molecule has 1 unspecified atom stereocenters. The van der Waals surface area contributed by atoms with Gasteiger partial charge in [-0.3, -0.25) is 14.3 Å². The average Bonchev–Trinajstić information content (AvgIpc) is 3.26. The van der Waals surface area contributed by atoms with E-state index in [1.807, 2.05) is 0 Å². The summed E-state index contributed by atoms with van der Waals surface area (Å²) in [5.41, 5.74) is 0.0129. The third kappa shape index (κ3) is 4.91. The van der Waals surface area contributed by atoms with Crippen LogP contribution in [0.15, 0.2) is 54.6 Å². The van der Waals surface area contributed by atoms with Crippen LogP contribution in [0.4, 0.5) is 8.78 Å². The van der Waals surface area contributed by atoms with Crippen molar-refractivity contribution in [3.8, 4) is 0 Å². The molecule has 182 valence electrons. The van der Waals surface area contributed by atoms with Gasteiger partial charge in [0.2, 0.25) is 5.91 Å². The number of carbonyl (C=O) groups excluding carboxylic acids is 3. The Hall–Kier alpha value is -4.08. The van der Waals surface area contributed by atoms with Crippen LogP contribution in [0, 0.1) is 11.6 Å². The summed E-state index contributed by atoms with van der Waals surface area (Å²) in [6, 6.07) is 12.7. The van der Waals surface area contributed by atoms with Gasteiger partial charge >= 0.3 is 5.97 Å². The second-order valence-electron chi connectivity index (χ2n) is 8.39. The van der Waals surface area contributed by atoms with Gasteiger partial charge in [-0.1, -0.05) is 24.3 Å². The SMILES string of the molecule is CCOC(=O)c1cc2n(n1)CC(C)(C(=O)NCc1ccc(F)cc1)N(Cc1ccc(F)cc1)C2=O. The summed E-state index contributed by atoms with van der Waals surface area (Å²) >= 11 is 0. The Bertz CT molecular complexity index is 1260. The molecule has 1 atom stereocenters. The predicted molar refractivity (Wildman–Crippen MR) is 121 cm³/mol. The summed E-state index contributed by atoms with van der Waals surface area (Å²) in [6.45, 7) is 3.53. The molecule has 2 aromatic carbocycles. The number of hydrogen-bond donors (Lipinski definition) is 1. The molecule has 2 amide bonds. The van der Waals surface area contributed by atoms with E-state index in [0.29, 0.717) is 11.1 Å². The number of rotatable bonds is 7. The molecule has 1 aliphatic rings. The lowest BCUT2D eigenvalue weighted by atomic mass is 9.94.